The van der Waals surface area contributed by atoms with E-state index in [0.29, 0.717) is 23.9 Å². The topological polar surface area (TPSA) is 49.6 Å². The monoisotopic (exact) mass is 299 g/mol. The zero-order valence-electron chi connectivity index (χ0n) is 13.3. The van der Waals surface area contributed by atoms with Crippen molar-refractivity contribution in [3.05, 3.63) is 0 Å². The largest absolute Gasteiger partial charge is 0.392 e. The third kappa shape index (κ3) is 6.66. The molecule has 0 bridgehead atoms. The Bertz CT molecular complexity index is 344. The van der Waals surface area contributed by atoms with Crippen LogP contribution in [0.2, 0.25) is 0 Å². The van der Waals surface area contributed by atoms with Gasteiger partial charge in [-0.1, -0.05) is 39.9 Å². The van der Waals surface area contributed by atoms with Gasteiger partial charge in [-0.05, 0) is 17.8 Å². The fourth-order valence-electron chi connectivity index (χ4n) is 2.92. The van der Waals surface area contributed by atoms with Crippen molar-refractivity contribution in [1.82, 2.24) is 9.80 Å². The number of piperazine rings is 1. The van der Waals surface area contributed by atoms with E-state index in [0.717, 1.165) is 32.6 Å². The van der Waals surface area contributed by atoms with Gasteiger partial charge in [-0.25, -0.2) is 0 Å². The lowest BCUT2D eigenvalue weighted by atomic mass is 9.84. The SMILES string of the molecule is CC(CC(=O)N1CCN(CC(N)=S)CC1)CC(C)(C)C. The van der Waals surface area contributed by atoms with Crippen molar-refractivity contribution in [2.75, 3.05) is 32.7 Å². The molecule has 0 radical (unpaired) electrons. The highest BCUT2D eigenvalue weighted by atomic mass is 32.1. The molecule has 1 aliphatic heterocycles. The summed E-state index contributed by atoms with van der Waals surface area (Å²) >= 11 is 4.92. The minimum Gasteiger partial charge on any atom is -0.392 e. The van der Waals surface area contributed by atoms with Gasteiger partial charge in [0, 0.05) is 39.1 Å². The molecule has 0 aromatic rings. The Kier molecular flexibility index (Phi) is 6.40. The van der Waals surface area contributed by atoms with Gasteiger partial charge in [0.2, 0.25) is 5.91 Å². The van der Waals surface area contributed by atoms with E-state index in [4.69, 9.17) is 18.0 Å². The zero-order valence-corrected chi connectivity index (χ0v) is 14.1. The third-order valence-corrected chi connectivity index (χ3v) is 3.72. The molecule has 0 aliphatic carbocycles. The fraction of sp³-hybridized carbons (Fsp3) is 0.867. The highest BCUT2D eigenvalue weighted by Crippen LogP contribution is 2.26. The quantitative estimate of drug-likeness (QED) is 0.788. The number of carbonyl (C=O) groups excluding carboxylic acids is 1. The number of hydrogen-bond acceptors (Lipinski definition) is 3. The molecule has 4 nitrogen and oxygen atoms in total. The van der Waals surface area contributed by atoms with Crippen LogP contribution in [0.5, 0.6) is 0 Å². The molecule has 2 N–H and O–H groups in total. The van der Waals surface area contributed by atoms with Gasteiger partial charge in [0.25, 0.3) is 0 Å². The Morgan fingerprint density at radius 1 is 1.25 bits per heavy atom. The first kappa shape index (κ1) is 17.4. The number of rotatable bonds is 5. The lowest BCUT2D eigenvalue weighted by Gasteiger charge is -2.35. The summed E-state index contributed by atoms with van der Waals surface area (Å²) < 4.78 is 0. The van der Waals surface area contributed by atoms with E-state index in [-0.39, 0.29) is 11.3 Å². The zero-order chi connectivity index (χ0) is 15.3. The number of amides is 1. The summed E-state index contributed by atoms with van der Waals surface area (Å²) in [7, 11) is 0. The molecule has 1 rings (SSSR count). The third-order valence-electron chi connectivity index (χ3n) is 3.59. The second-order valence-electron chi connectivity index (χ2n) is 7.20. The molecule has 1 aliphatic rings. The maximum Gasteiger partial charge on any atom is 0.222 e. The standard InChI is InChI=1S/C15H29N3OS/c1-12(10-15(2,3)4)9-14(19)18-7-5-17(6-8-18)11-13(16)20/h12H,5-11H2,1-4H3,(H2,16,20). The van der Waals surface area contributed by atoms with Crippen LogP contribution in [0.3, 0.4) is 0 Å². The van der Waals surface area contributed by atoms with Crippen LogP contribution in [0.15, 0.2) is 0 Å². The normalized spacial score (nSPS) is 18.9. The highest BCUT2D eigenvalue weighted by Gasteiger charge is 2.24. The number of thiocarbonyl (C=S) groups is 1. The molecule has 0 aromatic carbocycles. The molecule has 0 spiro atoms. The second-order valence-corrected chi connectivity index (χ2v) is 7.72. The van der Waals surface area contributed by atoms with Crippen molar-refractivity contribution in [3.63, 3.8) is 0 Å². The van der Waals surface area contributed by atoms with Crippen LogP contribution in [0.4, 0.5) is 0 Å². The van der Waals surface area contributed by atoms with Gasteiger partial charge in [-0.3, -0.25) is 9.69 Å². The van der Waals surface area contributed by atoms with E-state index in [1.807, 2.05) is 4.90 Å². The van der Waals surface area contributed by atoms with Gasteiger partial charge in [-0.2, -0.15) is 0 Å². The molecule has 5 heteroatoms. The van der Waals surface area contributed by atoms with Crippen LogP contribution in [0.1, 0.15) is 40.5 Å². The van der Waals surface area contributed by atoms with Gasteiger partial charge in [0.15, 0.2) is 0 Å². The van der Waals surface area contributed by atoms with E-state index in [1.165, 1.54) is 0 Å². The van der Waals surface area contributed by atoms with Crippen molar-refractivity contribution in [2.24, 2.45) is 17.1 Å². The van der Waals surface area contributed by atoms with Gasteiger partial charge < -0.3 is 10.6 Å². The maximum atomic E-state index is 12.3. The summed E-state index contributed by atoms with van der Waals surface area (Å²) in [6, 6.07) is 0. The molecule has 1 fully saturated rings. The number of nitrogens with zero attached hydrogens (tertiary/aromatic N) is 2. The van der Waals surface area contributed by atoms with Gasteiger partial charge >= 0.3 is 0 Å². The second kappa shape index (κ2) is 7.36. The van der Waals surface area contributed by atoms with Crippen LogP contribution in [-0.4, -0.2) is 53.4 Å². The molecule has 1 amide bonds. The summed E-state index contributed by atoms with van der Waals surface area (Å²) in [6.45, 7) is 12.8. The average molecular weight is 299 g/mol. The minimum absolute atomic E-state index is 0.287. The van der Waals surface area contributed by atoms with Crippen molar-refractivity contribution in [3.8, 4) is 0 Å². The Morgan fingerprint density at radius 2 is 1.80 bits per heavy atom. The molecular formula is C15H29N3OS. The molecule has 116 valence electrons. The first-order chi connectivity index (χ1) is 9.17. The predicted octanol–water partition coefficient (Wildman–Crippen LogP) is 1.88. The molecule has 0 saturated carbocycles. The maximum absolute atomic E-state index is 12.3. The number of hydrogen-bond donors (Lipinski definition) is 1. The first-order valence-corrected chi connectivity index (χ1v) is 7.86. The first-order valence-electron chi connectivity index (χ1n) is 7.46. The lowest BCUT2D eigenvalue weighted by Crippen LogP contribution is -2.50. The Morgan fingerprint density at radius 3 is 2.25 bits per heavy atom. The highest BCUT2D eigenvalue weighted by molar-refractivity contribution is 7.80. The Balaban J connectivity index is 2.34. The van der Waals surface area contributed by atoms with Crippen molar-refractivity contribution in [1.29, 1.82) is 0 Å². The molecule has 1 atom stereocenters. The van der Waals surface area contributed by atoms with Gasteiger partial charge in [-0.15, -0.1) is 0 Å². The fourth-order valence-corrected chi connectivity index (χ4v) is 3.10. The van der Waals surface area contributed by atoms with Gasteiger partial charge in [0.1, 0.15) is 0 Å². The van der Waals surface area contributed by atoms with Gasteiger partial charge in [0.05, 0.1) is 4.99 Å². The smallest absolute Gasteiger partial charge is 0.222 e. The minimum atomic E-state index is 0.287. The van der Waals surface area contributed by atoms with Crippen molar-refractivity contribution >= 4 is 23.1 Å². The molecule has 1 heterocycles. The summed E-state index contributed by atoms with van der Waals surface area (Å²) in [5.74, 6) is 0.730. The van der Waals surface area contributed by atoms with E-state index < -0.39 is 0 Å². The van der Waals surface area contributed by atoms with Crippen LogP contribution >= 0.6 is 12.2 Å². The Hall–Kier alpha value is -0.680. The Labute approximate surface area is 128 Å². The lowest BCUT2D eigenvalue weighted by molar-refractivity contribution is -0.133. The molecular weight excluding hydrogens is 270 g/mol. The summed E-state index contributed by atoms with van der Waals surface area (Å²) in [5.41, 5.74) is 5.84. The summed E-state index contributed by atoms with van der Waals surface area (Å²) in [4.78, 5) is 17.0. The molecule has 20 heavy (non-hydrogen) atoms. The predicted molar refractivity (Wildman–Crippen MR) is 87.7 cm³/mol. The molecule has 1 saturated heterocycles. The van der Waals surface area contributed by atoms with E-state index in [2.05, 4.69) is 32.6 Å². The van der Waals surface area contributed by atoms with Crippen molar-refractivity contribution in [2.45, 2.75) is 40.5 Å². The molecule has 0 aromatic heterocycles. The van der Waals surface area contributed by atoms with E-state index >= 15 is 0 Å². The number of nitrogens with two attached hydrogens (primary N) is 1. The van der Waals surface area contributed by atoms with E-state index in [1.54, 1.807) is 0 Å². The van der Waals surface area contributed by atoms with Crippen molar-refractivity contribution < 1.29 is 4.79 Å². The van der Waals surface area contributed by atoms with Crippen LogP contribution in [0, 0.1) is 11.3 Å². The average Bonchev–Trinajstić information content (AvgIpc) is 2.26. The van der Waals surface area contributed by atoms with Crippen LogP contribution in [0.25, 0.3) is 0 Å². The molecule has 1 unspecified atom stereocenters. The summed E-state index contributed by atoms with van der Waals surface area (Å²) in [6.07, 6.45) is 1.74. The van der Waals surface area contributed by atoms with Crippen LogP contribution < -0.4 is 5.73 Å². The summed E-state index contributed by atoms with van der Waals surface area (Å²) in [5, 5.41) is 0. The number of carbonyl (C=O) groups is 1. The van der Waals surface area contributed by atoms with E-state index in [9.17, 15) is 4.79 Å². The van der Waals surface area contributed by atoms with Crippen LogP contribution in [-0.2, 0) is 4.79 Å².